The lowest BCUT2D eigenvalue weighted by Gasteiger charge is -2.12. The maximum atomic E-state index is 11.8. The maximum absolute atomic E-state index is 11.8. The molecule has 144 valence electrons. The fourth-order valence-corrected chi connectivity index (χ4v) is 2.29. The summed E-state index contributed by atoms with van der Waals surface area (Å²) in [7, 11) is 1.58. The Morgan fingerprint density at radius 3 is 2.74 bits per heavy atom. The van der Waals surface area contributed by atoms with Crippen molar-refractivity contribution in [3.63, 3.8) is 0 Å². The minimum absolute atomic E-state index is 0.213. The van der Waals surface area contributed by atoms with Gasteiger partial charge in [0.2, 0.25) is 0 Å². The zero-order valence-electron chi connectivity index (χ0n) is 15.6. The molecule has 7 heteroatoms. The Morgan fingerprint density at radius 1 is 1.22 bits per heavy atom. The van der Waals surface area contributed by atoms with Crippen LogP contribution in [0.25, 0.3) is 0 Å². The summed E-state index contributed by atoms with van der Waals surface area (Å²) in [5.74, 6) is 1.37. The van der Waals surface area contributed by atoms with Gasteiger partial charge in [-0.3, -0.25) is 4.79 Å². The van der Waals surface area contributed by atoms with Crippen LogP contribution in [0.5, 0.6) is 11.5 Å². The minimum Gasteiger partial charge on any atom is -0.493 e. The van der Waals surface area contributed by atoms with Gasteiger partial charge in [-0.15, -0.1) is 0 Å². The van der Waals surface area contributed by atoms with Crippen LogP contribution in [0, 0.1) is 5.92 Å². The van der Waals surface area contributed by atoms with Crippen molar-refractivity contribution in [2.45, 2.75) is 13.8 Å². The van der Waals surface area contributed by atoms with E-state index in [1.165, 1.54) is 6.21 Å². The summed E-state index contributed by atoms with van der Waals surface area (Å²) in [6, 6.07) is 12.3. The van der Waals surface area contributed by atoms with E-state index in [0.717, 1.165) is 5.56 Å². The average molecular weight is 391 g/mol. The third kappa shape index (κ3) is 7.19. The normalized spacial score (nSPS) is 10.9. The molecule has 27 heavy (non-hydrogen) atoms. The van der Waals surface area contributed by atoms with Gasteiger partial charge < -0.3 is 19.6 Å². The molecule has 0 unspecified atom stereocenters. The van der Waals surface area contributed by atoms with Gasteiger partial charge in [-0.2, -0.15) is 0 Å². The highest BCUT2D eigenvalue weighted by atomic mass is 35.5. The van der Waals surface area contributed by atoms with E-state index in [1.54, 1.807) is 37.4 Å². The third-order valence-electron chi connectivity index (χ3n) is 3.34. The summed E-state index contributed by atoms with van der Waals surface area (Å²) in [5, 5.41) is 7.03. The van der Waals surface area contributed by atoms with Crippen LogP contribution in [-0.4, -0.2) is 32.4 Å². The van der Waals surface area contributed by atoms with Crippen LogP contribution in [-0.2, 0) is 9.63 Å². The molecular weight excluding hydrogens is 368 g/mol. The highest BCUT2D eigenvalue weighted by Gasteiger charge is 2.07. The number of rotatable bonds is 9. The van der Waals surface area contributed by atoms with E-state index in [0.29, 0.717) is 34.7 Å². The number of benzene rings is 2. The number of carbonyl (C=O) groups excluding carboxylic acids is 1. The Morgan fingerprint density at radius 2 is 2.04 bits per heavy atom. The van der Waals surface area contributed by atoms with Crippen LogP contribution >= 0.6 is 11.6 Å². The molecule has 0 aliphatic heterocycles. The van der Waals surface area contributed by atoms with Crippen LogP contribution < -0.4 is 14.8 Å². The number of oxime groups is 1. The number of nitrogens with one attached hydrogen (secondary N) is 1. The second-order valence-electron chi connectivity index (χ2n) is 6.18. The first-order chi connectivity index (χ1) is 13.0. The third-order valence-corrected chi connectivity index (χ3v) is 3.58. The number of carbonyl (C=O) groups is 1. The summed E-state index contributed by atoms with van der Waals surface area (Å²) < 4.78 is 11.0. The van der Waals surface area contributed by atoms with Gasteiger partial charge >= 0.3 is 0 Å². The molecule has 0 spiro atoms. The SMILES string of the molecule is COc1cc(/C=N\OCC(=O)Nc2cccc(Cl)c2)ccc1OCC(C)C. The predicted octanol–water partition coefficient (Wildman–Crippen LogP) is 4.37. The van der Waals surface area contributed by atoms with Crippen LogP contribution in [0.1, 0.15) is 19.4 Å². The predicted molar refractivity (Wildman–Crippen MR) is 107 cm³/mol. The van der Waals surface area contributed by atoms with Crippen molar-refractivity contribution >= 4 is 29.4 Å². The number of halogens is 1. The van der Waals surface area contributed by atoms with Gasteiger partial charge in [-0.05, 0) is 42.3 Å². The lowest BCUT2D eigenvalue weighted by atomic mass is 10.2. The monoisotopic (exact) mass is 390 g/mol. The number of anilines is 1. The highest BCUT2D eigenvalue weighted by molar-refractivity contribution is 6.30. The molecule has 0 atom stereocenters. The molecule has 0 radical (unpaired) electrons. The molecule has 0 saturated carbocycles. The molecule has 2 aromatic rings. The van der Waals surface area contributed by atoms with Crippen molar-refractivity contribution in [3.05, 3.63) is 53.1 Å². The molecule has 1 N–H and O–H groups in total. The summed E-state index contributed by atoms with van der Waals surface area (Å²) in [6.07, 6.45) is 1.50. The molecule has 0 aromatic heterocycles. The van der Waals surface area contributed by atoms with Gasteiger partial charge in [0.25, 0.3) is 5.91 Å². The van der Waals surface area contributed by atoms with Gasteiger partial charge in [0.1, 0.15) is 0 Å². The minimum atomic E-state index is -0.329. The first-order valence-electron chi connectivity index (χ1n) is 8.49. The van der Waals surface area contributed by atoms with Crippen molar-refractivity contribution < 1.29 is 19.1 Å². The van der Waals surface area contributed by atoms with E-state index in [1.807, 2.05) is 12.1 Å². The number of ether oxygens (including phenoxy) is 2. The van der Waals surface area contributed by atoms with Crippen molar-refractivity contribution in [3.8, 4) is 11.5 Å². The van der Waals surface area contributed by atoms with E-state index in [4.69, 9.17) is 25.9 Å². The number of methoxy groups -OCH3 is 1. The van der Waals surface area contributed by atoms with Gasteiger partial charge in [0, 0.05) is 16.3 Å². The van der Waals surface area contributed by atoms with E-state index in [9.17, 15) is 4.79 Å². The maximum Gasteiger partial charge on any atom is 0.265 e. The Hall–Kier alpha value is -2.73. The zero-order chi connectivity index (χ0) is 19.6. The Kier molecular flexibility index (Phi) is 7.95. The number of hydrogen-bond acceptors (Lipinski definition) is 5. The highest BCUT2D eigenvalue weighted by Crippen LogP contribution is 2.28. The Labute approximate surface area is 164 Å². The van der Waals surface area contributed by atoms with Crippen molar-refractivity contribution in [1.82, 2.24) is 0 Å². The number of amides is 1. The van der Waals surface area contributed by atoms with Gasteiger partial charge in [0.05, 0.1) is 19.9 Å². The molecule has 2 rings (SSSR count). The molecule has 0 bridgehead atoms. The van der Waals surface area contributed by atoms with Crippen LogP contribution in [0.3, 0.4) is 0 Å². The largest absolute Gasteiger partial charge is 0.493 e. The molecule has 0 aliphatic rings. The summed E-state index contributed by atoms with van der Waals surface area (Å²) in [4.78, 5) is 16.9. The molecule has 1 amide bonds. The average Bonchev–Trinajstić information content (AvgIpc) is 2.63. The smallest absolute Gasteiger partial charge is 0.265 e. The topological polar surface area (TPSA) is 69.2 Å². The van der Waals surface area contributed by atoms with Gasteiger partial charge in [-0.1, -0.05) is 36.7 Å². The van der Waals surface area contributed by atoms with E-state index in [2.05, 4.69) is 24.3 Å². The zero-order valence-corrected chi connectivity index (χ0v) is 16.3. The molecular formula is C20H23ClN2O4. The standard InChI is InChI=1S/C20H23ClN2O4/c1-14(2)12-26-18-8-7-15(9-19(18)25-3)11-22-27-13-20(24)23-17-6-4-5-16(21)10-17/h4-11,14H,12-13H2,1-3H3,(H,23,24)/b22-11-. The lowest BCUT2D eigenvalue weighted by Crippen LogP contribution is -2.16. The molecule has 6 nitrogen and oxygen atoms in total. The first kappa shape index (κ1) is 20.6. The fraction of sp³-hybridized carbons (Fsp3) is 0.300. The molecule has 2 aromatic carbocycles. The van der Waals surface area contributed by atoms with Crippen LogP contribution in [0.4, 0.5) is 5.69 Å². The quantitative estimate of drug-likeness (QED) is 0.509. The Balaban J connectivity index is 1.85. The van der Waals surface area contributed by atoms with Crippen molar-refractivity contribution in [2.24, 2.45) is 11.1 Å². The number of nitrogens with zero attached hydrogens (tertiary/aromatic N) is 1. The fourth-order valence-electron chi connectivity index (χ4n) is 2.10. The molecule has 0 aliphatic carbocycles. The van der Waals surface area contributed by atoms with Gasteiger partial charge in [0.15, 0.2) is 18.1 Å². The van der Waals surface area contributed by atoms with Crippen molar-refractivity contribution in [1.29, 1.82) is 0 Å². The van der Waals surface area contributed by atoms with Crippen molar-refractivity contribution in [2.75, 3.05) is 25.6 Å². The van der Waals surface area contributed by atoms with Crippen LogP contribution in [0.15, 0.2) is 47.6 Å². The summed E-state index contributed by atoms with van der Waals surface area (Å²) in [6.45, 7) is 4.55. The second kappa shape index (κ2) is 10.4. The molecule has 0 saturated heterocycles. The van der Waals surface area contributed by atoms with Gasteiger partial charge in [-0.25, -0.2) is 0 Å². The first-order valence-corrected chi connectivity index (χ1v) is 8.87. The number of hydrogen-bond donors (Lipinski definition) is 1. The van der Waals surface area contributed by atoms with E-state index < -0.39 is 0 Å². The molecule has 0 heterocycles. The second-order valence-corrected chi connectivity index (χ2v) is 6.62. The summed E-state index contributed by atoms with van der Waals surface area (Å²) in [5.41, 5.74) is 1.36. The Bertz CT molecular complexity index is 793. The van der Waals surface area contributed by atoms with E-state index >= 15 is 0 Å². The summed E-state index contributed by atoms with van der Waals surface area (Å²) >= 11 is 5.87. The lowest BCUT2D eigenvalue weighted by molar-refractivity contribution is -0.120. The van der Waals surface area contributed by atoms with E-state index in [-0.39, 0.29) is 12.5 Å². The van der Waals surface area contributed by atoms with Crippen LogP contribution in [0.2, 0.25) is 5.02 Å². The molecule has 0 fully saturated rings.